The predicted molar refractivity (Wildman–Crippen MR) is 68.1 cm³/mol. The highest BCUT2D eigenvalue weighted by Gasteiger charge is 2.33. The molecule has 1 aromatic heterocycles. The first-order valence-electron chi connectivity index (χ1n) is 6.43. The maximum absolute atomic E-state index is 12.6. The predicted octanol–water partition coefficient (Wildman–Crippen LogP) is 2.54. The molecule has 19 heavy (non-hydrogen) atoms. The van der Waals surface area contributed by atoms with Crippen molar-refractivity contribution in [3.63, 3.8) is 0 Å². The molecule has 0 saturated carbocycles. The molecule has 2 rings (SSSR count). The van der Waals surface area contributed by atoms with Crippen molar-refractivity contribution in [3.8, 4) is 0 Å². The first-order valence-corrected chi connectivity index (χ1v) is 6.43. The Balaban J connectivity index is 2.13. The van der Waals surface area contributed by atoms with E-state index in [0.717, 1.165) is 38.5 Å². The van der Waals surface area contributed by atoms with E-state index in [1.165, 1.54) is 6.20 Å². The van der Waals surface area contributed by atoms with E-state index in [9.17, 15) is 13.2 Å². The summed E-state index contributed by atoms with van der Waals surface area (Å²) >= 11 is 0. The summed E-state index contributed by atoms with van der Waals surface area (Å²) in [5.41, 5.74) is -0.205. The summed E-state index contributed by atoms with van der Waals surface area (Å²) < 4.78 is 37.9. The molecule has 1 N–H and O–H groups in total. The zero-order valence-electron chi connectivity index (χ0n) is 10.9. The minimum Gasteiger partial charge on any atom is -0.371 e. The lowest BCUT2D eigenvalue weighted by molar-refractivity contribution is -0.141. The van der Waals surface area contributed by atoms with Crippen LogP contribution in [0, 0.1) is 5.92 Å². The molecule has 0 amide bonds. The minimum atomic E-state index is -4.38. The van der Waals surface area contributed by atoms with Crippen molar-refractivity contribution in [3.05, 3.63) is 24.0 Å². The molecule has 2 heterocycles. The number of anilines is 1. The van der Waals surface area contributed by atoms with Crippen LogP contribution >= 0.6 is 0 Å². The highest BCUT2D eigenvalue weighted by molar-refractivity contribution is 5.47. The van der Waals surface area contributed by atoms with Crippen molar-refractivity contribution in [2.24, 2.45) is 5.92 Å². The van der Waals surface area contributed by atoms with Crippen LogP contribution in [0.1, 0.15) is 18.5 Å². The minimum absolute atomic E-state index is 0.487. The number of aromatic nitrogens is 1. The Hall–Kier alpha value is -1.30. The van der Waals surface area contributed by atoms with Gasteiger partial charge in [-0.25, -0.2) is 0 Å². The van der Waals surface area contributed by atoms with Gasteiger partial charge in [0.25, 0.3) is 0 Å². The number of halogens is 3. The second-order valence-corrected chi connectivity index (χ2v) is 4.91. The molecule has 1 aliphatic heterocycles. The van der Waals surface area contributed by atoms with Crippen LogP contribution in [-0.2, 0) is 6.18 Å². The van der Waals surface area contributed by atoms with Gasteiger partial charge in [0.2, 0.25) is 0 Å². The van der Waals surface area contributed by atoms with Crippen LogP contribution < -0.4 is 10.2 Å². The Morgan fingerprint density at radius 1 is 1.47 bits per heavy atom. The highest BCUT2D eigenvalue weighted by atomic mass is 19.4. The fraction of sp³-hybridized carbons (Fsp3) is 0.615. The van der Waals surface area contributed by atoms with Crippen LogP contribution in [0.4, 0.5) is 18.9 Å². The monoisotopic (exact) mass is 273 g/mol. The van der Waals surface area contributed by atoms with E-state index >= 15 is 0 Å². The Labute approximate surface area is 110 Å². The van der Waals surface area contributed by atoms with Crippen LogP contribution in [0.5, 0.6) is 0 Å². The standard InChI is InChI=1S/C13H18F3N3/c1-17-8-10-3-2-6-19(9-10)11-4-5-18-12(7-11)13(14,15)16/h4-5,7,10,17H,2-3,6,8-9H2,1H3. The summed E-state index contributed by atoms with van der Waals surface area (Å²) in [5.74, 6) is 0.487. The molecule has 0 bridgehead atoms. The Morgan fingerprint density at radius 2 is 2.26 bits per heavy atom. The summed E-state index contributed by atoms with van der Waals surface area (Å²) in [7, 11) is 1.90. The Morgan fingerprint density at radius 3 is 2.95 bits per heavy atom. The van der Waals surface area contributed by atoms with E-state index in [1.54, 1.807) is 6.07 Å². The van der Waals surface area contributed by atoms with Gasteiger partial charge in [-0.3, -0.25) is 4.98 Å². The topological polar surface area (TPSA) is 28.2 Å². The molecule has 6 heteroatoms. The second-order valence-electron chi connectivity index (χ2n) is 4.91. The van der Waals surface area contributed by atoms with E-state index in [0.29, 0.717) is 11.6 Å². The smallest absolute Gasteiger partial charge is 0.371 e. The first kappa shape index (κ1) is 14.1. The Kier molecular flexibility index (Phi) is 4.29. The third-order valence-electron chi connectivity index (χ3n) is 3.41. The van der Waals surface area contributed by atoms with Gasteiger partial charge in [0.15, 0.2) is 0 Å². The molecule has 0 spiro atoms. The molecule has 1 unspecified atom stereocenters. The van der Waals surface area contributed by atoms with Gasteiger partial charge < -0.3 is 10.2 Å². The zero-order chi connectivity index (χ0) is 13.9. The third-order valence-corrected chi connectivity index (χ3v) is 3.41. The van der Waals surface area contributed by atoms with Crippen LogP contribution in [0.25, 0.3) is 0 Å². The summed E-state index contributed by atoms with van der Waals surface area (Å²) in [6.07, 6.45) is -1.01. The average molecular weight is 273 g/mol. The normalized spacial score (nSPS) is 20.6. The van der Waals surface area contributed by atoms with Crippen molar-refractivity contribution in [1.82, 2.24) is 10.3 Å². The van der Waals surface area contributed by atoms with Crippen LogP contribution in [0.3, 0.4) is 0 Å². The molecule has 0 radical (unpaired) electrons. The Bertz CT molecular complexity index is 418. The van der Waals surface area contributed by atoms with Gasteiger partial charge in [-0.15, -0.1) is 0 Å². The average Bonchev–Trinajstić information content (AvgIpc) is 2.39. The third kappa shape index (κ3) is 3.59. The van der Waals surface area contributed by atoms with Gasteiger partial charge in [0.05, 0.1) is 0 Å². The number of piperidine rings is 1. The molecule has 1 aromatic rings. The largest absolute Gasteiger partial charge is 0.433 e. The van der Waals surface area contributed by atoms with Gasteiger partial charge in [-0.2, -0.15) is 13.2 Å². The van der Waals surface area contributed by atoms with Crippen molar-refractivity contribution < 1.29 is 13.2 Å². The molecule has 1 saturated heterocycles. The number of pyridine rings is 1. The fourth-order valence-electron chi connectivity index (χ4n) is 2.53. The number of rotatable bonds is 3. The molecule has 0 aliphatic carbocycles. The lowest BCUT2D eigenvalue weighted by atomic mass is 9.97. The fourth-order valence-corrected chi connectivity index (χ4v) is 2.53. The van der Waals surface area contributed by atoms with Gasteiger partial charge >= 0.3 is 6.18 Å². The van der Waals surface area contributed by atoms with Gasteiger partial charge in [0, 0.05) is 25.0 Å². The van der Waals surface area contributed by atoms with E-state index in [-0.39, 0.29) is 0 Å². The van der Waals surface area contributed by atoms with Crippen molar-refractivity contribution >= 4 is 5.69 Å². The summed E-state index contributed by atoms with van der Waals surface area (Å²) in [6.45, 7) is 2.50. The number of alkyl halides is 3. The van der Waals surface area contributed by atoms with Crippen molar-refractivity contribution in [2.75, 3.05) is 31.6 Å². The van der Waals surface area contributed by atoms with Crippen molar-refractivity contribution in [2.45, 2.75) is 19.0 Å². The lowest BCUT2D eigenvalue weighted by Gasteiger charge is -2.34. The van der Waals surface area contributed by atoms with E-state index in [2.05, 4.69) is 10.3 Å². The number of nitrogens with one attached hydrogen (secondary N) is 1. The van der Waals surface area contributed by atoms with E-state index in [4.69, 9.17) is 0 Å². The molecular formula is C13H18F3N3. The molecule has 1 aliphatic rings. The number of hydrogen-bond donors (Lipinski definition) is 1. The maximum Gasteiger partial charge on any atom is 0.433 e. The molecule has 106 valence electrons. The second kappa shape index (κ2) is 5.77. The summed E-state index contributed by atoms with van der Waals surface area (Å²) in [5, 5.41) is 3.13. The molecule has 1 atom stereocenters. The summed E-state index contributed by atoms with van der Waals surface area (Å²) in [4.78, 5) is 5.41. The summed E-state index contributed by atoms with van der Waals surface area (Å²) in [6, 6.07) is 2.79. The van der Waals surface area contributed by atoms with E-state index < -0.39 is 11.9 Å². The SMILES string of the molecule is CNCC1CCCN(c2ccnc(C(F)(F)F)c2)C1. The van der Waals surface area contributed by atoms with Gasteiger partial charge in [0.1, 0.15) is 5.69 Å². The van der Waals surface area contributed by atoms with Crippen molar-refractivity contribution in [1.29, 1.82) is 0 Å². The number of nitrogens with zero attached hydrogens (tertiary/aromatic N) is 2. The van der Waals surface area contributed by atoms with E-state index in [1.807, 2.05) is 11.9 Å². The molecule has 3 nitrogen and oxygen atoms in total. The van der Waals surface area contributed by atoms with Gasteiger partial charge in [-0.1, -0.05) is 0 Å². The van der Waals surface area contributed by atoms with Gasteiger partial charge in [-0.05, 0) is 44.5 Å². The molecule has 1 fully saturated rings. The maximum atomic E-state index is 12.6. The zero-order valence-corrected chi connectivity index (χ0v) is 10.9. The first-order chi connectivity index (χ1) is 9.00. The number of hydrogen-bond acceptors (Lipinski definition) is 3. The van der Waals surface area contributed by atoms with Crippen LogP contribution in [0.15, 0.2) is 18.3 Å². The quantitative estimate of drug-likeness (QED) is 0.917. The van der Waals surface area contributed by atoms with Crippen LogP contribution in [0.2, 0.25) is 0 Å². The molecular weight excluding hydrogens is 255 g/mol. The molecule has 0 aromatic carbocycles. The lowest BCUT2D eigenvalue weighted by Crippen LogP contribution is -2.39. The highest BCUT2D eigenvalue weighted by Crippen LogP contribution is 2.31. The van der Waals surface area contributed by atoms with Crippen LogP contribution in [-0.4, -0.2) is 31.7 Å².